The largest absolute Gasteiger partial charge is 0.285 e. The zero-order valence-electron chi connectivity index (χ0n) is 15.8. The summed E-state index contributed by atoms with van der Waals surface area (Å²) in [4.78, 5) is 17.9. The first-order valence-electron chi connectivity index (χ1n) is 9.12. The molecule has 0 aliphatic heterocycles. The maximum absolute atomic E-state index is 12.7. The van der Waals surface area contributed by atoms with Crippen LogP contribution < -0.4 is 4.80 Å². The second kappa shape index (κ2) is 7.79. The number of amides is 1. The summed E-state index contributed by atoms with van der Waals surface area (Å²) in [6, 6.07) is 25.6. The summed E-state index contributed by atoms with van der Waals surface area (Å²) in [7, 11) is 0. The van der Waals surface area contributed by atoms with Gasteiger partial charge in [0.1, 0.15) is 0 Å². The van der Waals surface area contributed by atoms with Crippen LogP contribution in [0.3, 0.4) is 0 Å². The normalized spacial score (nSPS) is 11.6. The molecule has 0 saturated carbocycles. The van der Waals surface area contributed by atoms with E-state index in [1.807, 2.05) is 42.5 Å². The van der Waals surface area contributed by atoms with Gasteiger partial charge in [-0.25, -0.2) is 0 Å². The molecule has 0 N–H and O–H groups in total. The summed E-state index contributed by atoms with van der Waals surface area (Å²) >= 11 is 1.48. The predicted molar refractivity (Wildman–Crippen MR) is 115 cm³/mol. The smallest absolute Gasteiger partial charge is 0.279 e. The third-order valence-electron chi connectivity index (χ3n) is 4.81. The fourth-order valence-electron chi connectivity index (χ4n) is 3.14. The van der Waals surface area contributed by atoms with E-state index in [1.165, 1.54) is 22.5 Å². The van der Waals surface area contributed by atoms with Crippen molar-refractivity contribution in [2.45, 2.75) is 13.8 Å². The average Bonchev–Trinajstić information content (AvgIpc) is 3.14. The lowest BCUT2D eigenvalue weighted by Gasteiger charge is -2.13. The lowest BCUT2D eigenvalue weighted by Crippen LogP contribution is -2.17. The molecule has 0 saturated heterocycles. The number of hydrogen-bond acceptors (Lipinski definition) is 2. The van der Waals surface area contributed by atoms with Crippen LogP contribution in [0.5, 0.6) is 0 Å². The highest BCUT2D eigenvalue weighted by Gasteiger charge is 2.14. The molecule has 4 heteroatoms. The summed E-state index contributed by atoms with van der Waals surface area (Å²) in [6.07, 6.45) is 0. The van der Waals surface area contributed by atoms with Crippen molar-refractivity contribution >= 4 is 17.2 Å². The molecule has 1 amide bonds. The molecule has 0 aliphatic carbocycles. The van der Waals surface area contributed by atoms with E-state index in [9.17, 15) is 4.79 Å². The van der Waals surface area contributed by atoms with E-state index < -0.39 is 0 Å². The lowest BCUT2D eigenvalue weighted by atomic mass is 10.1. The number of aromatic nitrogens is 1. The molecule has 0 radical (unpaired) electrons. The third-order valence-corrected chi connectivity index (χ3v) is 5.64. The first kappa shape index (κ1) is 18.1. The van der Waals surface area contributed by atoms with Crippen molar-refractivity contribution in [3.63, 3.8) is 0 Å². The van der Waals surface area contributed by atoms with Gasteiger partial charge in [0.2, 0.25) is 0 Å². The van der Waals surface area contributed by atoms with Crippen molar-refractivity contribution in [1.29, 1.82) is 0 Å². The molecule has 1 heterocycles. The number of rotatable bonds is 3. The Kier molecular flexibility index (Phi) is 5.04. The lowest BCUT2D eigenvalue weighted by molar-refractivity contribution is 0.0998. The minimum atomic E-state index is -0.235. The number of benzene rings is 3. The molecule has 28 heavy (non-hydrogen) atoms. The molecule has 0 spiro atoms. The number of carbonyl (C=O) groups is 1. The quantitative estimate of drug-likeness (QED) is 0.455. The Morgan fingerprint density at radius 1 is 0.857 bits per heavy atom. The van der Waals surface area contributed by atoms with Crippen LogP contribution in [-0.4, -0.2) is 10.5 Å². The summed E-state index contributed by atoms with van der Waals surface area (Å²) in [6.45, 7) is 4.20. The summed E-state index contributed by atoms with van der Waals surface area (Å²) < 4.78 is 2.09. The standard InChI is InChI=1S/C24H20N2OS/c1-17-10-9-15-21(18(17)2)26-22(19-11-5-3-6-12-19)16-28-24(26)25-23(27)20-13-7-4-8-14-20/h3-16H,1-2H3. The number of nitrogens with zero attached hydrogens (tertiary/aromatic N) is 2. The van der Waals surface area contributed by atoms with Gasteiger partial charge in [-0.05, 0) is 48.7 Å². The van der Waals surface area contributed by atoms with E-state index in [-0.39, 0.29) is 5.91 Å². The van der Waals surface area contributed by atoms with Crippen LogP contribution in [0.15, 0.2) is 89.2 Å². The van der Waals surface area contributed by atoms with Crippen molar-refractivity contribution in [3.05, 3.63) is 106 Å². The summed E-state index contributed by atoms with van der Waals surface area (Å²) in [5.41, 5.74) is 6.12. The maximum Gasteiger partial charge on any atom is 0.279 e. The second-order valence-corrected chi connectivity index (χ2v) is 7.44. The van der Waals surface area contributed by atoms with Gasteiger partial charge in [0.25, 0.3) is 5.91 Å². The van der Waals surface area contributed by atoms with Crippen molar-refractivity contribution < 1.29 is 4.79 Å². The predicted octanol–water partition coefficient (Wildman–Crippen LogP) is 5.56. The summed E-state index contributed by atoms with van der Waals surface area (Å²) in [5, 5.41) is 2.06. The fraction of sp³-hybridized carbons (Fsp3) is 0.0833. The van der Waals surface area contributed by atoms with Crippen LogP contribution >= 0.6 is 11.3 Å². The van der Waals surface area contributed by atoms with E-state index >= 15 is 0 Å². The van der Waals surface area contributed by atoms with E-state index in [0.29, 0.717) is 10.4 Å². The van der Waals surface area contributed by atoms with Gasteiger partial charge < -0.3 is 0 Å². The summed E-state index contributed by atoms with van der Waals surface area (Å²) in [5.74, 6) is -0.235. The highest BCUT2D eigenvalue weighted by Crippen LogP contribution is 2.26. The van der Waals surface area contributed by atoms with Crippen LogP contribution in [0.4, 0.5) is 0 Å². The van der Waals surface area contributed by atoms with Gasteiger partial charge in [0.15, 0.2) is 4.80 Å². The molecule has 138 valence electrons. The monoisotopic (exact) mass is 384 g/mol. The molecule has 4 aromatic rings. The minimum Gasteiger partial charge on any atom is -0.285 e. The van der Waals surface area contributed by atoms with Gasteiger partial charge in [0, 0.05) is 10.9 Å². The molecule has 0 bridgehead atoms. The Morgan fingerprint density at radius 3 is 2.25 bits per heavy atom. The zero-order chi connectivity index (χ0) is 19.5. The Balaban J connectivity index is 1.96. The topological polar surface area (TPSA) is 34.4 Å². The van der Waals surface area contributed by atoms with Crippen molar-refractivity contribution in [1.82, 2.24) is 4.57 Å². The SMILES string of the molecule is Cc1cccc(-n2c(-c3ccccc3)csc2=NC(=O)c2ccccc2)c1C. The molecule has 4 rings (SSSR count). The molecular weight excluding hydrogens is 364 g/mol. The van der Waals surface area contributed by atoms with Crippen LogP contribution in [0.2, 0.25) is 0 Å². The number of hydrogen-bond donors (Lipinski definition) is 0. The van der Waals surface area contributed by atoms with Gasteiger partial charge in [-0.15, -0.1) is 11.3 Å². The van der Waals surface area contributed by atoms with Crippen LogP contribution in [0.25, 0.3) is 16.9 Å². The zero-order valence-corrected chi connectivity index (χ0v) is 16.6. The van der Waals surface area contributed by atoms with Crippen LogP contribution in [-0.2, 0) is 0 Å². The van der Waals surface area contributed by atoms with Gasteiger partial charge in [-0.1, -0.05) is 60.7 Å². The highest BCUT2D eigenvalue weighted by atomic mass is 32.1. The van der Waals surface area contributed by atoms with Gasteiger partial charge in [-0.2, -0.15) is 4.99 Å². The molecule has 3 aromatic carbocycles. The van der Waals surface area contributed by atoms with Crippen LogP contribution in [0, 0.1) is 13.8 Å². The Morgan fingerprint density at radius 2 is 1.54 bits per heavy atom. The first-order chi connectivity index (χ1) is 13.6. The molecule has 0 fully saturated rings. The minimum absolute atomic E-state index is 0.235. The van der Waals surface area contributed by atoms with Crippen molar-refractivity contribution in [3.8, 4) is 16.9 Å². The van der Waals surface area contributed by atoms with E-state index in [2.05, 4.69) is 53.1 Å². The van der Waals surface area contributed by atoms with Crippen molar-refractivity contribution in [2.24, 2.45) is 4.99 Å². The number of aryl methyl sites for hydroxylation is 1. The first-order valence-corrected chi connectivity index (χ1v) is 10.00. The van der Waals surface area contributed by atoms with Gasteiger partial charge in [-0.3, -0.25) is 9.36 Å². The number of carbonyl (C=O) groups excluding carboxylic acids is 1. The Hall–Kier alpha value is -3.24. The third kappa shape index (κ3) is 3.47. The fourth-order valence-corrected chi connectivity index (χ4v) is 4.04. The number of thiazole rings is 1. The second-order valence-electron chi connectivity index (χ2n) is 6.61. The van der Waals surface area contributed by atoms with Crippen LogP contribution in [0.1, 0.15) is 21.5 Å². The average molecular weight is 385 g/mol. The molecule has 0 atom stereocenters. The molecular formula is C24H20N2OS. The van der Waals surface area contributed by atoms with E-state index in [4.69, 9.17) is 0 Å². The molecule has 1 aromatic heterocycles. The van der Waals surface area contributed by atoms with E-state index in [0.717, 1.165) is 16.9 Å². The molecule has 3 nitrogen and oxygen atoms in total. The van der Waals surface area contributed by atoms with E-state index in [1.54, 1.807) is 12.1 Å². The Labute approximate surface area is 168 Å². The molecule has 0 aliphatic rings. The van der Waals surface area contributed by atoms with Gasteiger partial charge >= 0.3 is 0 Å². The van der Waals surface area contributed by atoms with Crippen molar-refractivity contribution in [2.75, 3.05) is 0 Å². The maximum atomic E-state index is 12.7. The van der Waals surface area contributed by atoms with Gasteiger partial charge in [0.05, 0.1) is 11.4 Å². The highest BCUT2D eigenvalue weighted by molar-refractivity contribution is 7.07. The Bertz CT molecular complexity index is 1190. The molecule has 0 unspecified atom stereocenters.